The summed E-state index contributed by atoms with van der Waals surface area (Å²) in [4.78, 5) is 0. The second kappa shape index (κ2) is 3.19. The molecular formula is C10H18O2. The Morgan fingerprint density at radius 2 is 2.17 bits per heavy atom. The van der Waals surface area contributed by atoms with Gasteiger partial charge in [0.1, 0.15) is 0 Å². The fourth-order valence-corrected chi connectivity index (χ4v) is 1.72. The normalized spacial score (nSPS) is 42.7. The van der Waals surface area contributed by atoms with Gasteiger partial charge in [-0.2, -0.15) is 0 Å². The Morgan fingerprint density at radius 3 is 2.58 bits per heavy atom. The Kier molecular flexibility index (Phi) is 2.59. The molecule has 0 saturated heterocycles. The molecule has 2 N–H and O–H groups in total. The van der Waals surface area contributed by atoms with Gasteiger partial charge >= 0.3 is 0 Å². The third kappa shape index (κ3) is 1.87. The number of hydrogen-bond donors (Lipinski definition) is 2. The van der Waals surface area contributed by atoms with Gasteiger partial charge in [0.2, 0.25) is 0 Å². The molecule has 1 saturated carbocycles. The van der Waals surface area contributed by atoms with Crippen molar-refractivity contribution in [3.05, 3.63) is 12.2 Å². The van der Waals surface area contributed by atoms with Crippen molar-refractivity contribution in [1.82, 2.24) is 0 Å². The highest BCUT2D eigenvalue weighted by molar-refractivity contribution is 5.02. The molecule has 1 unspecified atom stereocenters. The summed E-state index contributed by atoms with van der Waals surface area (Å²) in [5.41, 5.74) is 0.232. The van der Waals surface area contributed by atoms with Gasteiger partial charge in [-0.25, -0.2) is 0 Å². The van der Waals surface area contributed by atoms with Crippen molar-refractivity contribution < 1.29 is 10.2 Å². The van der Waals surface area contributed by atoms with Gasteiger partial charge in [-0.1, -0.05) is 12.2 Å². The highest BCUT2D eigenvalue weighted by Gasteiger charge is 2.37. The molecule has 1 aliphatic rings. The van der Waals surface area contributed by atoms with Crippen LogP contribution in [0.4, 0.5) is 0 Å². The molecule has 0 spiro atoms. The zero-order valence-corrected chi connectivity index (χ0v) is 7.88. The molecule has 70 valence electrons. The predicted octanol–water partition coefficient (Wildman–Crippen LogP) is 1.47. The lowest BCUT2D eigenvalue weighted by Crippen LogP contribution is -2.44. The molecule has 2 heteroatoms. The smallest absolute Gasteiger partial charge is 0.0877 e. The van der Waals surface area contributed by atoms with Gasteiger partial charge in [-0.15, -0.1) is 0 Å². The standard InChI is InChI=1S/C10H18O2/c1-7(2)8-4-5-10(3,12)9(11)6-8/h8-9,11-12H,1,4-6H2,2-3H3/t8-,9?,10-/m1/s1. The van der Waals surface area contributed by atoms with E-state index in [2.05, 4.69) is 6.58 Å². The fraction of sp³-hybridized carbons (Fsp3) is 0.800. The SMILES string of the molecule is C=C(C)[C@@H]1CC[C@@](C)(O)C(O)C1. The van der Waals surface area contributed by atoms with Gasteiger partial charge in [0.25, 0.3) is 0 Å². The van der Waals surface area contributed by atoms with Crippen LogP contribution < -0.4 is 0 Å². The minimum Gasteiger partial charge on any atom is -0.390 e. The van der Waals surface area contributed by atoms with Crippen LogP contribution in [0, 0.1) is 5.92 Å². The van der Waals surface area contributed by atoms with E-state index in [1.807, 2.05) is 6.92 Å². The predicted molar refractivity (Wildman–Crippen MR) is 48.8 cm³/mol. The third-order valence-electron chi connectivity index (χ3n) is 2.92. The monoisotopic (exact) mass is 170 g/mol. The van der Waals surface area contributed by atoms with Crippen LogP contribution in [-0.2, 0) is 0 Å². The van der Waals surface area contributed by atoms with Crippen molar-refractivity contribution in [3.63, 3.8) is 0 Å². The second-order valence-electron chi connectivity index (χ2n) is 4.19. The fourth-order valence-electron chi connectivity index (χ4n) is 1.72. The molecule has 12 heavy (non-hydrogen) atoms. The highest BCUT2D eigenvalue weighted by Crippen LogP contribution is 2.34. The summed E-state index contributed by atoms with van der Waals surface area (Å²) in [6.07, 6.45) is 1.68. The van der Waals surface area contributed by atoms with Crippen molar-refractivity contribution in [2.45, 2.75) is 44.8 Å². The van der Waals surface area contributed by atoms with Crippen molar-refractivity contribution in [2.24, 2.45) is 5.92 Å². The number of aliphatic hydroxyl groups excluding tert-OH is 1. The zero-order chi connectivity index (χ0) is 9.35. The van der Waals surface area contributed by atoms with E-state index < -0.39 is 11.7 Å². The summed E-state index contributed by atoms with van der Waals surface area (Å²) < 4.78 is 0. The van der Waals surface area contributed by atoms with Crippen LogP contribution >= 0.6 is 0 Å². The van der Waals surface area contributed by atoms with E-state index in [1.54, 1.807) is 6.92 Å². The van der Waals surface area contributed by atoms with Crippen LogP contribution in [-0.4, -0.2) is 21.9 Å². The molecule has 2 nitrogen and oxygen atoms in total. The first-order valence-corrected chi connectivity index (χ1v) is 4.49. The first kappa shape index (κ1) is 9.75. The molecule has 0 aromatic heterocycles. The maximum absolute atomic E-state index is 9.66. The Morgan fingerprint density at radius 1 is 1.58 bits per heavy atom. The minimum absolute atomic E-state index is 0.389. The zero-order valence-electron chi connectivity index (χ0n) is 7.88. The summed E-state index contributed by atoms with van der Waals surface area (Å²) >= 11 is 0. The van der Waals surface area contributed by atoms with E-state index in [0.29, 0.717) is 18.8 Å². The summed E-state index contributed by atoms with van der Waals surface area (Å²) in [5, 5.41) is 19.2. The maximum atomic E-state index is 9.66. The molecule has 1 aliphatic carbocycles. The van der Waals surface area contributed by atoms with Crippen molar-refractivity contribution >= 4 is 0 Å². The molecule has 0 radical (unpaired) electrons. The summed E-state index contributed by atoms with van der Waals surface area (Å²) in [7, 11) is 0. The molecule has 0 aliphatic heterocycles. The maximum Gasteiger partial charge on any atom is 0.0877 e. The molecule has 1 fully saturated rings. The lowest BCUT2D eigenvalue weighted by molar-refractivity contribution is -0.0952. The van der Waals surface area contributed by atoms with Crippen molar-refractivity contribution in [3.8, 4) is 0 Å². The Balaban J connectivity index is 2.58. The molecule has 0 aromatic rings. The summed E-state index contributed by atoms with van der Waals surface area (Å²) in [5.74, 6) is 0.389. The van der Waals surface area contributed by atoms with E-state index in [1.165, 1.54) is 0 Å². The first-order valence-electron chi connectivity index (χ1n) is 4.49. The molecule has 3 atom stereocenters. The molecular weight excluding hydrogens is 152 g/mol. The van der Waals surface area contributed by atoms with E-state index in [-0.39, 0.29) is 0 Å². The van der Waals surface area contributed by atoms with Crippen LogP contribution in [0.2, 0.25) is 0 Å². The van der Waals surface area contributed by atoms with Gasteiger partial charge in [0.15, 0.2) is 0 Å². The summed E-state index contributed by atoms with van der Waals surface area (Å²) in [6.45, 7) is 7.55. The number of aliphatic hydroxyl groups is 2. The molecule has 0 amide bonds. The van der Waals surface area contributed by atoms with E-state index in [0.717, 1.165) is 12.0 Å². The second-order valence-corrected chi connectivity index (χ2v) is 4.19. The first-order chi connectivity index (χ1) is 5.43. The number of rotatable bonds is 1. The molecule has 0 heterocycles. The number of allylic oxidation sites excluding steroid dienone is 1. The lowest BCUT2D eigenvalue weighted by Gasteiger charge is -2.38. The van der Waals surface area contributed by atoms with Crippen molar-refractivity contribution in [2.75, 3.05) is 0 Å². The average Bonchev–Trinajstić information content (AvgIpc) is 1.94. The molecule has 1 rings (SSSR count). The van der Waals surface area contributed by atoms with Crippen LogP contribution in [0.15, 0.2) is 12.2 Å². The van der Waals surface area contributed by atoms with E-state index in [9.17, 15) is 10.2 Å². The van der Waals surface area contributed by atoms with Gasteiger partial charge < -0.3 is 10.2 Å². The van der Waals surface area contributed by atoms with Crippen LogP contribution in [0.25, 0.3) is 0 Å². The van der Waals surface area contributed by atoms with E-state index >= 15 is 0 Å². The Hall–Kier alpha value is -0.340. The topological polar surface area (TPSA) is 40.5 Å². The Labute approximate surface area is 73.9 Å². The Bertz CT molecular complexity index is 184. The van der Waals surface area contributed by atoms with Crippen LogP contribution in [0.5, 0.6) is 0 Å². The number of hydrogen-bond acceptors (Lipinski definition) is 2. The molecule has 0 bridgehead atoms. The van der Waals surface area contributed by atoms with Gasteiger partial charge in [0.05, 0.1) is 11.7 Å². The summed E-state index contributed by atoms with van der Waals surface area (Å²) in [6, 6.07) is 0. The largest absolute Gasteiger partial charge is 0.390 e. The van der Waals surface area contributed by atoms with Gasteiger partial charge in [-0.05, 0) is 39.0 Å². The van der Waals surface area contributed by atoms with Gasteiger partial charge in [0, 0.05) is 0 Å². The average molecular weight is 170 g/mol. The lowest BCUT2D eigenvalue weighted by atomic mass is 9.75. The highest BCUT2D eigenvalue weighted by atomic mass is 16.3. The minimum atomic E-state index is -0.883. The van der Waals surface area contributed by atoms with Crippen molar-refractivity contribution in [1.29, 1.82) is 0 Å². The van der Waals surface area contributed by atoms with E-state index in [4.69, 9.17) is 0 Å². The molecule has 0 aromatic carbocycles. The van der Waals surface area contributed by atoms with Gasteiger partial charge in [-0.3, -0.25) is 0 Å². The third-order valence-corrected chi connectivity index (χ3v) is 2.92. The van der Waals surface area contributed by atoms with Crippen LogP contribution in [0.3, 0.4) is 0 Å². The quantitative estimate of drug-likeness (QED) is 0.585. The van der Waals surface area contributed by atoms with Crippen LogP contribution in [0.1, 0.15) is 33.1 Å².